The van der Waals surface area contributed by atoms with Crippen molar-refractivity contribution in [3.05, 3.63) is 59.7 Å². The van der Waals surface area contributed by atoms with Gasteiger partial charge in [-0.3, -0.25) is 4.79 Å². The van der Waals surface area contributed by atoms with Crippen LogP contribution in [0.2, 0.25) is 0 Å². The fourth-order valence-corrected chi connectivity index (χ4v) is 1.66. The van der Waals surface area contributed by atoms with Crippen LogP contribution in [0.5, 0.6) is 11.5 Å². The summed E-state index contributed by atoms with van der Waals surface area (Å²) in [4.78, 5) is 10.3. The Morgan fingerprint density at radius 1 is 0.806 bits per heavy atom. The molecule has 0 aromatic heterocycles. The van der Waals surface area contributed by atoms with Gasteiger partial charge in [0.1, 0.15) is 11.5 Å². The van der Waals surface area contributed by atoms with E-state index in [2.05, 4.69) is 20.5 Å². The Bertz CT molecular complexity index is 788. The Labute approximate surface area is 179 Å². The molecule has 0 heterocycles. The Balaban J connectivity index is -0.000000442. The maximum atomic E-state index is 11.8. The summed E-state index contributed by atoms with van der Waals surface area (Å²) in [5.41, 5.74) is -0.0767. The molecule has 14 heteroatoms. The van der Waals surface area contributed by atoms with Crippen molar-refractivity contribution in [1.29, 1.82) is 0 Å². The fourth-order valence-electron chi connectivity index (χ4n) is 1.66. The summed E-state index contributed by atoms with van der Waals surface area (Å²) in [6, 6.07) is 10.5. The first kappa shape index (κ1) is 32.6. The average Bonchev–Trinajstić information content (AvgIpc) is 2.64. The summed E-state index contributed by atoms with van der Waals surface area (Å²) in [7, 11) is 0. The highest BCUT2D eigenvalue weighted by atomic mass is 35.5. The first-order valence-corrected chi connectivity index (χ1v) is 7.13. The maximum Gasteiger partial charge on any atom is 0.573 e. The van der Waals surface area contributed by atoms with Crippen molar-refractivity contribution in [1.82, 2.24) is 0 Å². The molecule has 7 nitrogen and oxygen atoms in total. The molecule has 0 aliphatic rings. The van der Waals surface area contributed by atoms with Gasteiger partial charge in [0.25, 0.3) is 0 Å². The molecule has 2 aromatic rings. The number of rotatable bonds is 4. The number of carbonyl (C=O) groups is 1. The van der Waals surface area contributed by atoms with Gasteiger partial charge in [0.2, 0.25) is 0 Å². The number of hydrogen-bond acceptors (Lipinski definition) is 7. The zero-order valence-electron chi connectivity index (χ0n) is 14.6. The standard InChI is InChI=1S/C8H6F3NO2.C8H5F3O2.CH4.ClH.H3NO/c9-8(10,11)14-7-4-2-1-3-6(7)5-12-13;9-8(10,11)13-7-4-2-1-3-6(7)5-12;;;1-2/h1-5,13H;1-5H;1H4;1H;2H,1H2/b12-5+;;;;. The Morgan fingerprint density at radius 2 is 1.16 bits per heavy atom. The summed E-state index contributed by atoms with van der Waals surface area (Å²) >= 11 is 0. The monoisotopic (exact) mass is 480 g/mol. The molecular formula is C17H19ClF6N2O5. The van der Waals surface area contributed by atoms with Crippen LogP contribution >= 0.6 is 12.4 Å². The van der Waals surface area contributed by atoms with Crippen LogP contribution in [0.3, 0.4) is 0 Å². The van der Waals surface area contributed by atoms with Gasteiger partial charge in [-0.05, 0) is 24.3 Å². The predicted molar refractivity (Wildman–Crippen MR) is 101 cm³/mol. The van der Waals surface area contributed by atoms with Crippen molar-refractivity contribution in [3.63, 3.8) is 0 Å². The molecule has 31 heavy (non-hydrogen) atoms. The minimum absolute atomic E-state index is 0. The van der Waals surface area contributed by atoms with Gasteiger partial charge in [-0.25, -0.2) is 5.90 Å². The third-order valence-corrected chi connectivity index (χ3v) is 2.61. The molecule has 0 radical (unpaired) electrons. The van der Waals surface area contributed by atoms with Crippen molar-refractivity contribution in [2.75, 3.05) is 0 Å². The van der Waals surface area contributed by atoms with Gasteiger partial charge in [0.05, 0.1) is 11.8 Å². The number of ether oxygens (including phenoxy) is 2. The zero-order chi connectivity index (χ0) is 22.5. The van der Waals surface area contributed by atoms with E-state index >= 15 is 0 Å². The highest BCUT2D eigenvalue weighted by molar-refractivity contribution is 5.85. The van der Waals surface area contributed by atoms with Crippen molar-refractivity contribution < 1.29 is 51.0 Å². The number of halogens is 7. The van der Waals surface area contributed by atoms with Gasteiger partial charge in [0.15, 0.2) is 6.29 Å². The highest BCUT2D eigenvalue weighted by Crippen LogP contribution is 2.25. The number of nitrogens with zero attached hydrogens (tertiary/aromatic N) is 1. The van der Waals surface area contributed by atoms with E-state index < -0.39 is 24.2 Å². The molecule has 0 spiro atoms. The number of benzene rings is 2. The highest BCUT2D eigenvalue weighted by Gasteiger charge is 2.32. The lowest BCUT2D eigenvalue weighted by Crippen LogP contribution is -2.18. The van der Waals surface area contributed by atoms with E-state index in [9.17, 15) is 31.1 Å². The van der Waals surface area contributed by atoms with Crippen LogP contribution in [0.25, 0.3) is 0 Å². The topological polar surface area (TPSA) is 114 Å². The molecule has 2 aromatic carbocycles. The first-order chi connectivity index (χ1) is 13.6. The zero-order valence-corrected chi connectivity index (χ0v) is 15.4. The van der Waals surface area contributed by atoms with Crippen LogP contribution in [0.15, 0.2) is 53.7 Å². The minimum atomic E-state index is -4.76. The van der Waals surface area contributed by atoms with Gasteiger partial charge >= 0.3 is 12.7 Å². The van der Waals surface area contributed by atoms with E-state index in [1.165, 1.54) is 36.4 Å². The SMILES string of the molecule is C.Cl.NO.O/N=C/c1ccccc1OC(F)(F)F.O=Cc1ccccc1OC(F)(F)F. The molecule has 0 aliphatic heterocycles. The summed E-state index contributed by atoms with van der Waals surface area (Å²) in [6.07, 6.45) is -8.35. The second-order valence-corrected chi connectivity index (χ2v) is 4.53. The third kappa shape index (κ3) is 14.6. The normalized spacial score (nSPS) is 10.2. The second kappa shape index (κ2) is 15.8. The molecule has 0 bridgehead atoms. The summed E-state index contributed by atoms with van der Waals surface area (Å²) in [6.45, 7) is 0. The lowest BCUT2D eigenvalue weighted by molar-refractivity contribution is -0.275. The van der Waals surface area contributed by atoms with Gasteiger partial charge in [-0.2, -0.15) is 0 Å². The second-order valence-electron chi connectivity index (χ2n) is 4.53. The molecule has 2 rings (SSSR count). The molecule has 0 saturated heterocycles. The third-order valence-electron chi connectivity index (χ3n) is 2.61. The number of hydrogen-bond donors (Lipinski definition) is 3. The molecule has 0 fully saturated rings. The number of nitrogens with two attached hydrogens (primary N) is 1. The Kier molecular flexibility index (Phi) is 16.6. The van der Waals surface area contributed by atoms with Crippen LogP contribution in [0, 0.1) is 0 Å². The van der Waals surface area contributed by atoms with Gasteiger partial charge < -0.3 is 19.9 Å². The number of oxime groups is 1. The molecule has 0 amide bonds. The van der Waals surface area contributed by atoms with E-state index in [1.807, 2.05) is 0 Å². The van der Waals surface area contributed by atoms with Crippen molar-refractivity contribution >= 4 is 24.9 Å². The van der Waals surface area contributed by atoms with E-state index in [4.69, 9.17) is 10.4 Å². The van der Waals surface area contributed by atoms with E-state index in [-0.39, 0.29) is 31.0 Å². The minimum Gasteiger partial charge on any atom is -0.411 e. The summed E-state index contributed by atoms with van der Waals surface area (Å²) in [5, 5.41) is 17.3. The van der Waals surface area contributed by atoms with Crippen molar-refractivity contribution in [2.24, 2.45) is 11.1 Å². The molecule has 0 saturated carbocycles. The van der Waals surface area contributed by atoms with E-state index in [0.717, 1.165) is 18.3 Å². The van der Waals surface area contributed by atoms with Crippen LogP contribution in [-0.4, -0.2) is 35.6 Å². The van der Waals surface area contributed by atoms with Gasteiger partial charge in [0, 0.05) is 5.56 Å². The maximum absolute atomic E-state index is 11.8. The molecule has 4 N–H and O–H groups in total. The number of carbonyl (C=O) groups excluding carboxylic acids is 1. The molecule has 0 aliphatic carbocycles. The first-order valence-electron chi connectivity index (χ1n) is 7.13. The predicted octanol–water partition coefficient (Wildman–Crippen LogP) is 5.18. The summed E-state index contributed by atoms with van der Waals surface area (Å²) in [5.74, 6) is 2.61. The summed E-state index contributed by atoms with van der Waals surface area (Å²) < 4.78 is 77.9. The number of para-hydroxylation sites is 2. The largest absolute Gasteiger partial charge is 0.573 e. The van der Waals surface area contributed by atoms with Crippen molar-refractivity contribution in [2.45, 2.75) is 20.2 Å². The van der Waals surface area contributed by atoms with E-state index in [1.54, 1.807) is 0 Å². The molecular weight excluding hydrogens is 462 g/mol. The molecule has 0 unspecified atom stereocenters. The van der Waals surface area contributed by atoms with Gasteiger partial charge in [-0.1, -0.05) is 36.8 Å². The molecule has 176 valence electrons. The lowest BCUT2D eigenvalue weighted by Gasteiger charge is -2.10. The fraction of sp³-hybridized carbons (Fsp3) is 0.176. The van der Waals surface area contributed by atoms with Gasteiger partial charge in [-0.15, -0.1) is 38.7 Å². The van der Waals surface area contributed by atoms with Crippen LogP contribution < -0.4 is 15.4 Å². The van der Waals surface area contributed by atoms with E-state index in [0.29, 0.717) is 6.29 Å². The van der Waals surface area contributed by atoms with Crippen LogP contribution in [0.1, 0.15) is 23.3 Å². The Morgan fingerprint density at radius 3 is 1.52 bits per heavy atom. The van der Waals surface area contributed by atoms with Crippen molar-refractivity contribution in [3.8, 4) is 11.5 Å². The lowest BCUT2D eigenvalue weighted by atomic mass is 10.2. The smallest absolute Gasteiger partial charge is 0.411 e. The number of alkyl halides is 6. The van der Waals surface area contributed by atoms with Crippen LogP contribution in [0.4, 0.5) is 26.3 Å². The van der Waals surface area contributed by atoms with Crippen LogP contribution in [-0.2, 0) is 0 Å². The average molecular weight is 481 g/mol. The number of aldehydes is 1. The quantitative estimate of drug-likeness (QED) is 0.182. The Hall–Kier alpha value is -3.03. The molecule has 0 atom stereocenters.